The van der Waals surface area contributed by atoms with Gasteiger partial charge in [0.05, 0.1) is 10.7 Å². The quantitative estimate of drug-likeness (QED) is 0.648. The van der Waals surface area contributed by atoms with Gasteiger partial charge in [0, 0.05) is 10.8 Å². The molecule has 1 heterocycles. The summed E-state index contributed by atoms with van der Waals surface area (Å²) >= 11 is 1.89. The van der Waals surface area contributed by atoms with Crippen molar-refractivity contribution in [2.75, 3.05) is 0 Å². The highest BCUT2D eigenvalue weighted by molar-refractivity contribution is 7.11. The summed E-state index contributed by atoms with van der Waals surface area (Å²) in [4.78, 5) is 6.16. The molecule has 0 aromatic carbocycles. The first kappa shape index (κ1) is 8.24. The van der Waals surface area contributed by atoms with E-state index in [0.29, 0.717) is 0 Å². The standard InChI is InChI=1S/C10H15NS/c1-6(2)8-4-5-9-10(8)11-7(3)12-9/h6,8H,4-5H2,1-3H3/t8-/m1/s1. The largest absolute Gasteiger partial charge is 0.246 e. The average molecular weight is 181 g/mol. The molecule has 2 rings (SSSR count). The minimum Gasteiger partial charge on any atom is -0.246 e. The SMILES string of the molecule is Cc1nc2c(s1)CC[C@@H]2C(C)C. The zero-order valence-corrected chi connectivity index (χ0v) is 8.74. The van der Waals surface area contributed by atoms with Crippen molar-refractivity contribution in [3.63, 3.8) is 0 Å². The topological polar surface area (TPSA) is 12.9 Å². The molecule has 0 spiro atoms. The number of hydrogen-bond acceptors (Lipinski definition) is 2. The summed E-state index contributed by atoms with van der Waals surface area (Å²) in [5.41, 5.74) is 1.41. The minimum atomic E-state index is 0.741. The van der Waals surface area contributed by atoms with Gasteiger partial charge in [-0.25, -0.2) is 4.98 Å². The molecule has 0 amide bonds. The third-order valence-electron chi connectivity index (χ3n) is 2.67. The summed E-state index contributed by atoms with van der Waals surface area (Å²) < 4.78 is 0. The van der Waals surface area contributed by atoms with Crippen LogP contribution in [0.5, 0.6) is 0 Å². The number of thiazole rings is 1. The van der Waals surface area contributed by atoms with Crippen LogP contribution in [0.2, 0.25) is 0 Å². The Morgan fingerprint density at radius 1 is 1.50 bits per heavy atom. The maximum atomic E-state index is 4.61. The van der Waals surface area contributed by atoms with Crippen LogP contribution < -0.4 is 0 Å². The molecule has 1 aliphatic carbocycles. The lowest BCUT2D eigenvalue weighted by Crippen LogP contribution is -2.02. The van der Waals surface area contributed by atoms with Crippen molar-refractivity contribution in [1.82, 2.24) is 4.98 Å². The van der Waals surface area contributed by atoms with Gasteiger partial charge >= 0.3 is 0 Å². The van der Waals surface area contributed by atoms with E-state index < -0.39 is 0 Å². The Balaban J connectivity index is 2.34. The number of rotatable bonds is 1. The maximum Gasteiger partial charge on any atom is 0.0900 e. The van der Waals surface area contributed by atoms with Crippen LogP contribution in [0, 0.1) is 12.8 Å². The third-order valence-corrected chi connectivity index (χ3v) is 3.72. The molecule has 1 aliphatic rings. The molecular formula is C10H15NS. The number of aryl methyl sites for hydroxylation is 2. The van der Waals surface area contributed by atoms with Crippen molar-refractivity contribution in [3.8, 4) is 0 Å². The summed E-state index contributed by atoms with van der Waals surface area (Å²) in [6.45, 7) is 6.71. The molecule has 0 fully saturated rings. The van der Waals surface area contributed by atoms with E-state index in [1.54, 1.807) is 4.88 Å². The van der Waals surface area contributed by atoms with Crippen molar-refractivity contribution in [2.24, 2.45) is 5.92 Å². The predicted octanol–water partition coefficient (Wildman–Crippen LogP) is 3.14. The summed E-state index contributed by atoms with van der Waals surface area (Å²) in [5.74, 6) is 1.50. The zero-order chi connectivity index (χ0) is 8.72. The third kappa shape index (κ3) is 1.18. The molecule has 0 aliphatic heterocycles. The van der Waals surface area contributed by atoms with Gasteiger partial charge in [0.2, 0.25) is 0 Å². The van der Waals surface area contributed by atoms with Crippen molar-refractivity contribution in [2.45, 2.75) is 39.5 Å². The molecular weight excluding hydrogens is 166 g/mol. The van der Waals surface area contributed by atoms with E-state index in [9.17, 15) is 0 Å². The van der Waals surface area contributed by atoms with Crippen LogP contribution in [0.25, 0.3) is 0 Å². The van der Waals surface area contributed by atoms with Gasteiger partial charge < -0.3 is 0 Å². The lowest BCUT2D eigenvalue weighted by Gasteiger charge is -2.12. The summed E-state index contributed by atoms with van der Waals surface area (Å²) in [6.07, 6.45) is 2.59. The van der Waals surface area contributed by atoms with Gasteiger partial charge in [0.25, 0.3) is 0 Å². The molecule has 0 unspecified atom stereocenters. The van der Waals surface area contributed by atoms with Crippen LogP contribution >= 0.6 is 11.3 Å². The first-order valence-corrected chi connectivity index (χ1v) is 5.46. The van der Waals surface area contributed by atoms with E-state index in [4.69, 9.17) is 0 Å². The van der Waals surface area contributed by atoms with Crippen LogP contribution in [0.15, 0.2) is 0 Å². The number of hydrogen-bond donors (Lipinski definition) is 0. The Labute approximate surface area is 77.8 Å². The van der Waals surface area contributed by atoms with E-state index in [-0.39, 0.29) is 0 Å². The molecule has 0 N–H and O–H groups in total. The fourth-order valence-corrected chi connectivity index (χ4v) is 3.05. The van der Waals surface area contributed by atoms with Gasteiger partial charge in [-0.1, -0.05) is 13.8 Å². The van der Waals surface area contributed by atoms with E-state index in [1.807, 2.05) is 11.3 Å². The Kier molecular flexibility index (Phi) is 1.95. The van der Waals surface area contributed by atoms with Gasteiger partial charge in [0.15, 0.2) is 0 Å². The Bertz CT molecular complexity index is 288. The van der Waals surface area contributed by atoms with Crippen LogP contribution in [-0.4, -0.2) is 4.98 Å². The molecule has 2 heteroatoms. The van der Waals surface area contributed by atoms with E-state index in [1.165, 1.54) is 23.5 Å². The highest BCUT2D eigenvalue weighted by atomic mass is 32.1. The van der Waals surface area contributed by atoms with Crippen molar-refractivity contribution < 1.29 is 0 Å². The second-order valence-electron chi connectivity index (χ2n) is 3.93. The van der Waals surface area contributed by atoms with Crippen LogP contribution in [0.3, 0.4) is 0 Å². The highest BCUT2D eigenvalue weighted by Crippen LogP contribution is 2.40. The van der Waals surface area contributed by atoms with Gasteiger partial charge in [-0.3, -0.25) is 0 Å². The molecule has 1 atom stereocenters. The van der Waals surface area contributed by atoms with Gasteiger partial charge in [-0.15, -0.1) is 11.3 Å². The van der Waals surface area contributed by atoms with Crippen LogP contribution in [0.1, 0.15) is 41.8 Å². The first-order valence-electron chi connectivity index (χ1n) is 4.64. The Morgan fingerprint density at radius 3 is 2.92 bits per heavy atom. The molecule has 0 saturated heterocycles. The second kappa shape index (κ2) is 2.84. The zero-order valence-electron chi connectivity index (χ0n) is 7.92. The van der Waals surface area contributed by atoms with Gasteiger partial charge in [-0.05, 0) is 25.7 Å². The lowest BCUT2D eigenvalue weighted by molar-refractivity contribution is 0.487. The fraction of sp³-hybridized carbons (Fsp3) is 0.700. The molecule has 1 aromatic heterocycles. The fourth-order valence-electron chi connectivity index (χ4n) is 2.03. The molecule has 1 aromatic rings. The summed E-state index contributed by atoms with van der Waals surface area (Å²) in [6, 6.07) is 0. The molecule has 12 heavy (non-hydrogen) atoms. The molecule has 66 valence electrons. The lowest BCUT2D eigenvalue weighted by atomic mass is 9.94. The minimum absolute atomic E-state index is 0.741. The van der Waals surface area contributed by atoms with Crippen LogP contribution in [-0.2, 0) is 6.42 Å². The van der Waals surface area contributed by atoms with Gasteiger partial charge in [-0.2, -0.15) is 0 Å². The number of fused-ring (bicyclic) bond motifs is 1. The maximum absolute atomic E-state index is 4.61. The number of nitrogens with zero attached hydrogens (tertiary/aromatic N) is 1. The van der Waals surface area contributed by atoms with E-state index in [0.717, 1.165) is 11.8 Å². The smallest absolute Gasteiger partial charge is 0.0900 e. The normalized spacial score (nSPS) is 21.8. The molecule has 0 bridgehead atoms. The summed E-state index contributed by atoms with van der Waals surface area (Å²) in [5, 5.41) is 1.24. The molecule has 0 saturated carbocycles. The first-order chi connectivity index (χ1) is 5.68. The monoisotopic (exact) mass is 181 g/mol. The van der Waals surface area contributed by atoms with Crippen molar-refractivity contribution in [1.29, 1.82) is 0 Å². The van der Waals surface area contributed by atoms with Crippen LogP contribution in [0.4, 0.5) is 0 Å². The highest BCUT2D eigenvalue weighted by Gasteiger charge is 2.28. The van der Waals surface area contributed by atoms with Crippen molar-refractivity contribution in [3.05, 3.63) is 15.6 Å². The Hall–Kier alpha value is -0.370. The molecule has 0 radical (unpaired) electrons. The summed E-state index contributed by atoms with van der Waals surface area (Å²) in [7, 11) is 0. The van der Waals surface area contributed by atoms with Gasteiger partial charge in [0.1, 0.15) is 0 Å². The Morgan fingerprint density at radius 2 is 2.25 bits per heavy atom. The average Bonchev–Trinajstić information content (AvgIpc) is 2.43. The molecule has 1 nitrogen and oxygen atoms in total. The van der Waals surface area contributed by atoms with E-state index in [2.05, 4.69) is 25.8 Å². The van der Waals surface area contributed by atoms with Crippen molar-refractivity contribution >= 4 is 11.3 Å². The second-order valence-corrected chi connectivity index (χ2v) is 5.22. The van der Waals surface area contributed by atoms with E-state index >= 15 is 0 Å². The predicted molar refractivity (Wildman–Crippen MR) is 52.8 cm³/mol. The number of aromatic nitrogens is 1.